The molecule has 0 atom stereocenters. The molecule has 0 aliphatic heterocycles. The maximum absolute atomic E-state index is 11.6. The Morgan fingerprint density at radius 2 is 1.73 bits per heavy atom. The Bertz CT molecular complexity index is 671. The number of carbonyl (C=O) groups excluding carboxylic acids is 1. The predicted octanol–water partition coefficient (Wildman–Crippen LogP) is 3.60. The quantitative estimate of drug-likeness (QED) is 0.788. The number of halogens is 1. The van der Waals surface area contributed by atoms with Crippen LogP contribution in [-0.2, 0) is 4.79 Å². The molecular weight excluding hydrogens is 304 g/mol. The topological polar surface area (TPSA) is 78.4 Å². The van der Waals surface area contributed by atoms with Crippen molar-refractivity contribution < 1.29 is 14.7 Å². The minimum atomic E-state index is -0.954. The summed E-state index contributed by atoms with van der Waals surface area (Å²) in [5.41, 5.74) is 2.48. The average molecular weight is 319 g/mol. The first-order valence-corrected chi connectivity index (χ1v) is 7.05. The second kappa shape index (κ2) is 7.47. The highest BCUT2D eigenvalue weighted by Crippen LogP contribution is 2.28. The first-order valence-electron chi connectivity index (χ1n) is 6.68. The minimum absolute atomic E-state index is 0.0822. The van der Waals surface area contributed by atoms with E-state index in [1.807, 2.05) is 36.4 Å². The molecule has 2 aromatic rings. The van der Waals surface area contributed by atoms with E-state index in [1.54, 1.807) is 12.1 Å². The van der Waals surface area contributed by atoms with E-state index < -0.39 is 12.0 Å². The van der Waals surface area contributed by atoms with E-state index in [0.717, 1.165) is 11.1 Å². The predicted molar refractivity (Wildman–Crippen MR) is 86.2 cm³/mol. The van der Waals surface area contributed by atoms with Gasteiger partial charge in [-0.05, 0) is 23.8 Å². The molecule has 2 rings (SSSR count). The maximum Gasteiger partial charge on any atom is 0.319 e. The lowest BCUT2D eigenvalue weighted by Crippen LogP contribution is -2.30. The van der Waals surface area contributed by atoms with Crippen molar-refractivity contribution in [1.29, 1.82) is 0 Å². The number of aliphatic carboxylic acids is 1. The number of amides is 2. The molecule has 0 bridgehead atoms. The number of anilines is 1. The van der Waals surface area contributed by atoms with Crippen LogP contribution in [0.4, 0.5) is 10.5 Å². The molecular formula is C16H15ClN2O3. The van der Waals surface area contributed by atoms with Crippen LogP contribution in [0.25, 0.3) is 11.1 Å². The summed E-state index contributed by atoms with van der Waals surface area (Å²) in [7, 11) is 0. The van der Waals surface area contributed by atoms with Gasteiger partial charge in [0.05, 0.1) is 6.42 Å². The van der Waals surface area contributed by atoms with Crippen molar-refractivity contribution in [3.05, 3.63) is 53.6 Å². The average Bonchev–Trinajstić information content (AvgIpc) is 2.48. The largest absolute Gasteiger partial charge is 0.481 e. The Morgan fingerprint density at radius 1 is 1.05 bits per heavy atom. The summed E-state index contributed by atoms with van der Waals surface area (Å²) in [6, 6.07) is 14.3. The fourth-order valence-corrected chi connectivity index (χ4v) is 2.13. The SMILES string of the molecule is O=C(O)CCNC(=O)Nc1ccc(-c2ccccc2Cl)cc1. The molecule has 0 aliphatic carbocycles. The number of urea groups is 1. The molecule has 0 fully saturated rings. The second-order valence-electron chi connectivity index (χ2n) is 4.58. The van der Waals surface area contributed by atoms with Crippen molar-refractivity contribution in [2.45, 2.75) is 6.42 Å². The molecule has 0 saturated heterocycles. The van der Waals surface area contributed by atoms with Gasteiger partial charge in [-0.3, -0.25) is 4.79 Å². The zero-order valence-electron chi connectivity index (χ0n) is 11.7. The molecule has 22 heavy (non-hydrogen) atoms. The van der Waals surface area contributed by atoms with Gasteiger partial charge in [-0.1, -0.05) is 41.9 Å². The smallest absolute Gasteiger partial charge is 0.319 e. The molecule has 2 aromatic carbocycles. The summed E-state index contributed by atoms with van der Waals surface area (Å²) in [5, 5.41) is 14.3. The van der Waals surface area contributed by atoms with Crippen LogP contribution in [0.5, 0.6) is 0 Å². The molecule has 0 saturated carbocycles. The number of rotatable bonds is 5. The number of carbonyl (C=O) groups is 2. The molecule has 0 aromatic heterocycles. The molecule has 0 radical (unpaired) electrons. The van der Waals surface area contributed by atoms with Gasteiger partial charge in [0.1, 0.15) is 0 Å². The number of hydrogen-bond donors (Lipinski definition) is 3. The van der Waals surface area contributed by atoms with E-state index in [-0.39, 0.29) is 13.0 Å². The molecule has 2 amide bonds. The van der Waals surface area contributed by atoms with Crippen LogP contribution >= 0.6 is 11.6 Å². The number of hydrogen-bond acceptors (Lipinski definition) is 2. The van der Waals surface area contributed by atoms with Crippen molar-refractivity contribution in [3.8, 4) is 11.1 Å². The summed E-state index contributed by atoms with van der Waals surface area (Å²) in [6.07, 6.45) is -0.112. The van der Waals surface area contributed by atoms with Gasteiger partial charge in [-0.25, -0.2) is 4.79 Å². The first-order chi connectivity index (χ1) is 10.6. The van der Waals surface area contributed by atoms with Crippen molar-refractivity contribution in [2.75, 3.05) is 11.9 Å². The summed E-state index contributed by atoms with van der Waals surface area (Å²) >= 11 is 6.14. The number of benzene rings is 2. The standard InChI is InChI=1S/C16H15ClN2O3/c17-14-4-2-1-3-13(14)11-5-7-12(8-6-11)19-16(22)18-10-9-15(20)21/h1-8H,9-10H2,(H,20,21)(H2,18,19,22). The summed E-state index contributed by atoms with van der Waals surface area (Å²) in [6.45, 7) is 0.0822. The highest BCUT2D eigenvalue weighted by atomic mass is 35.5. The molecule has 0 unspecified atom stereocenters. The third kappa shape index (κ3) is 4.49. The van der Waals surface area contributed by atoms with Gasteiger partial charge in [-0.15, -0.1) is 0 Å². The molecule has 0 heterocycles. The molecule has 3 N–H and O–H groups in total. The Morgan fingerprint density at radius 3 is 2.36 bits per heavy atom. The van der Waals surface area contributed by atoms with Crippen LogP contribution in [0.15, 0.2) is 48.5 Å². The lowest BCUT2D eigenvalue weighted by molar-refractivity contribution is -0.136. The number of carboxylic acids is 1. The van der Waals surface area contributed by atoms with E-state index in [1.165, 1.54) is 0 Å². The van der Waals surface area contributed by atoms with Crippen molar-refractivity contribution >= 4 is 29.3 Å². The highest BCUT2D eigenvalue weighted by molar-refractivity contribution is 6.33. The second-order valence-corrected chi connectivity index (χ2v) is 4.99. The van der Waals surface area contributed by atoms with Crippen LogP contribution in [0.2, 0.25) is 5.02 Å². The molecule has 0 aliphatic rings. The summed E-state index contributed by atoms with van der Waals surface area (Å²) < 4.78 is 0. The zero-order chi connectivity index (χ0) is 15.9. The lowest BCUT2D eigenvalue weighted by Gasteiger charge is -2.08. The van der Waals surface area contributed by atoms with Gasteiger partial charge >= 0.3 is 12.0 Å². The van der Waals surface area contributed by atoms with Gasteiger partial charge in [-0.2, -0.15) is 0 Å². The third-order valence-electron chi connectivity index (χ3n) is 2.95. The summed E-state index contributed by atoms with van der Waals surface area (Å²) in [4.78, 5) is 21.9. The Labute approximate surface area is 132 Å². The Kier molecular flexibility index (Phi) is 5.38. The summed E-state index contributed by atoms with van der Waals surface area (Å²) in [5.74, 6) is -0.954. The first kappa shape index (κ1) is 15.9. The van der Waals surface area contributed by atoms with E-state index >= 15 is 0 Å². The third-order valence-corrected chi connectivity index (χ3v) is 3.28. The van der Waals surface area contributed by atoms with Gasteiger partial charge < -0.3 is 15.7 Å². The fourth-order valence-electron chi connectivity index (χ4n) is 1.89. The Hall–Kier alpha value is -2.53. The van der Waals surface area contributed by atoms with Gasteiger partial charge in [0.25, 0.3) is 0 Å². The van der Waals surface area contributed by atoms with Gasteiger partial charge in [0, 0.05) is 22.8 Å². The molecule has 5 nitrogen and oxygen atoms in total. The van der Waals surface area contributed by atoms with Crippen LogP contribution in [0.3, 0.4) is 0 Å². The van der Waals surface area contributed by atoms with E-state index in [2.05, 4.69) is 10.6 Å². The maximum atomic E-state index is 11.6. The minimum Gasteiger partial charge on any atom is -0.481 e. The monoisotopic (exact) mass is 318 g/mol. The highest BCUT2D eigenvalue weighted by Gasteiger charge is 2.05. The van der Waals surface area contributed by atoms with Crippen LogP contribution in [-0.4, -0.2) is 23.7 Å². The Balaban J connectivity index is 1.96. The number of carboxylic acid groups (broad SMARTS) is 1. The lowest BCUT2D eigenvalue weighted by atomic mass is 10.1. The van der Waals surface area contributed by atoms with Crippen molar-refractivity contribution in [2.24, 2.45) is 0 Å². The fraction of sp³-hybridized carbons (Fsp3) is 0.125. The normalized spacial score (nSPS) is 10.0. The molecule has 114 valence electrons. The van der Waals surface area contributed by atoms with Gasteiger partial charge in [0.15, 0.2) is 0 Å². The molecule has 6 heteroatoms. The van der Waals surface area contributed by atoms with E-state index in [4.69, 9.17) is 16.7 Å². The van der Waals surface area contributed by atoms with E-state index in [0.29, 0.717) is 10.7 Å². The van der Waals surface area contributed by atoms with Crippen molar-refractivity contribution in [3.63, 3.8) is 0 Å². The van der Waals surface area contributed by atoms with Gasteiger partial charge in [0.2, 0.25) is 0 Å². The zero-order valence-corrected chi connectivity index (χ0v) is 12.4. The van der Waals surface area contributed by atoms with Crippen LogP contribution in [0, 0.1) is 0 Å². The van der Waals surface area contributed by atoms with Crippen LogP contribution < -0.4 is 10.6 Å². The van der Waals surface area contributed by atoms with E-state index in [9.17, 15) is 9.59 Å². The van der Waals surface area contributed by atoms with Crippen LogP contribution in [0.1, 0.15) is 6.42 Å². The number of nitrogens with one attached hydrogen (secondary N) is 2. The van der Waals surface area contributed by atoms with Crippen molar-refractivity contribution in [1.82, 2.24) is 5.32 Å². The molecule has 0 spiro atoms.